The molecule has 2 aliphatic heterocycles. The Labute approximate surface area is 559 Å². The highest BCUT2D eigenvalue weighted by Gasteiger charge is 2.36. The summed E-state index contributed by atoms with van der Waals surface area (Å²) in [6, 6.07) is 132. The number of hydrogen-bond donors (Lipinski definition) is 0. The van der Waals surface area contributed by atoms with Crippen molar-refractivity contribution in [3.63, 3.8) is 0 Å². The molecule has 450 valence electrons. The number of rotatable bonds is 12. The monoisotopic (exact) mass is 1220 g/mol. The van der Waals surface area contributed by atoms with Gasteiger partial charge in [-0.05, 0) is 92.1 Å². The maximum atomic E-state index is 6.66. The normalized spacial score (nSPS) is 11.9. The van der Waals surface area contributed by atoms with Crippen LogP contribution in [0.25, 0.3) is 146 Å². The molecule has 96 heavy (non-hydrogen) atoms. The van der Waals surface area contributed by atoms with Crippen LogP contribution in [0.1, 0.15) is 33.9 Å². The summed E-state index contributed by atoms with van der Waals surface area (Å²) in [5.41, 5.74) is 29.6. The quantitative estimate of drug-likeness (QED) is 0.122. The van der Waals surface area contributed by atoms with Crippen molar-refractivity contribution in [2.45, 2.75) is 0 Å². The standard InChI is InChI=1S/C92H62N4/c1-13-37-63(38-14-1)77-75-61-62-76(93-75)78(64-39-15-2-16-40-64)90-82(68-47-23-6-24-48-68)84(70-51-27-8-28-52-70)92(96(90)74-59-35-12-36-60-74)86(72-55-31-10-32-56-72)88-80(66-43-19-4-20-44-66)79(65-41-17-3-18-42-65)87(94-88)85(71-53-29-9-30-54-71)91-83(69-49-25-7-26-50-69)81(67-45-21-5-22-46-67)89(77)95(91)73-57-33-11-34-58-73/h1-62H. The average molecular weight is 1220 g/mol. The lowest BCUT2D eigenvalue weighted by molar-refractivity contribution is 1.16. The van der Waals surface area contributed by atoms with Crippen LogP contribution in [0.15, 0.2) is 364 Å². The molecule has 4 nitrogen and oxygen atoms in total. The second-order valence-corrected chi connectivity index (χ2v) is 24.2. The molecule has 0 unspecified atom stereocenters. The van der Waals surface area contributed by atoms with Crippen molar-refractivity contribution in [2.75, 3.05) is 0 Å². The first-order chi connectivity index (χ1) is 47.7. The van der Waals surface area contributed by atoms with Gasteiger partial charge >= 0.3 is 0 Å². The lowest BCUT2D eigenvalue weighted by atomic mass is 9.86. The number of hydrogen-bond acceptors (Lipinski definition) is 2. The van der Waals surface area contributed by atoms with Gasteiger partial charge in [0.15, 0.2) is 0 Å². The third-order valence-corrected chi connectivity index (χ3v) is 18.5. The lowest BCUT2D eigenvalue weighted by Crippen LogP contribution is -2.01. The van der Waals surface area contributed by atoms with E-state index < -0.39 is 0 Å². The van der Waals surface area contributed by atoms with E-state index in [4.69, 9.17) is 9.97 Å². The molecule has 4 heteroatoms. The van der Waals surface area contributed by atoms with Gasteiger partial charge in [0.1, 0.15) is 0 Å². The summed E-state index contributed by atoms with van der Waals surface area (Å²) in [7, 11) is 0. The fourth-order valence-electron chi connectivity index (χ4n) is 14.5. The molecular formula is C92H62N4. The van der Waals surface area contributed by atoms with Gasteiger partial charge in [-0.15, -0.1) is 0 Å². The second-order valence-electron chi connectivity index (χ2n) is 24.2. The Balaban J connectivity index is 1.31. The Kier molecular flexibility index (Phi) is 14.9. The van der Waals surface area contributed by atoms with Gasteiger partial charge in [-0.2, -0.15) is 0 Å². The summed E-state index contributed by atoms with van der Waals surface area (Å²) in [6.07, 6.45) is 4.53. The van der Waals surface area contributed by atoms with E-state index in [9.17, 15) is 0 Å². The van der Waals surface area contributed by atoms with Crippen LogP contribution in [0.4, 0.5) is 0 Å². The van der Waals surface area contributed by atoms with E-state index in [-0.39, 0.29) is 0 Å². The van der Waals surface area contributed by atoms with E-state index >= 15 is 0 Å². The Morgan fingerprint density at radius 1 is 0.167 bits per heavy atom. The van der Waals surface area contributed by atoms with Crippen molar-refractivity contribution >= 4 is 45.4 Å². The van der Waals surface area contributed by atoms with Gasteiger partial charge in [-0.25, -0.2) is 9.97 Å². The topological polar surface area (TPSA) is 35.6 Å². The average Bonchev–Trinajstić information content (AvgIpc) is 1.55. The zero-order chi connectivity index (χ0) is 63.7. The minimum atomic E-state index is 0.820. The number of benzene rings is 12. The molecule has 0 fully saturated rings. The summed E-state index contributed by atoms with van der Waals surface area (Å²) < 4.78 is 5.11. The minimum absolute atomic E-state index is 0.820. The lowest BCUT2D eigenvalue weighted by Gasteiger charge is -2.17. The summed E-state index contributed by atoms with van der Waals surface area (Å²) in [5.74, 6) is 0. The van der Waals surface area contributed by atoms with E-state index in [1.54, 1.807) is 0 Å². The maximum absolute atomic E-state index is 6.66. The zero-order valence-electron chi connectivity index (χ0n) is 52.6. The van der Waals surface area contributed by atoms with Gasteiger partial charge in [0.25, 0.3) is 0 Å². The van der Waals surface area contributed by atoms with Crippen LogP contribution in [-0.4, -0.2) is 19.1 Å². The number of nitrogens with zero attached hydrogens (tertiary/aromatic N) is 4. The van der Waals surface area contributed by atoms with Crippen LogP contribution in [-0.2, 0) is 0 Å². The van der Waals surface area contributed by atoms with Crippen LogP contribution in [0, 0.1) is 0 Å². The van der Waals surface area contributed by atoms with Gasteiger partial charge in [0.05, 0.1) is 44.8 Å². The van der Waals surface area contributed by atoms with Crippen LogP contribution in [0.2, 0.25) is 0 Å². The SMILES string of the molecule is C1=Cc2nc1c(-c1ccccc1)c1c(-c3ccccc3)c(-c3ccccc3)c(c(-c3ccccc3)c3nc(c(-c4ccccc4)c4c(-c5ccccc5)c(-c5ccccc5)c(c2-c2ccccc2)n4-c2ccccc2)C(c2ccccc2)=C3c2ccccc2)n1-c1ccccc1. The molecule has 3 aromatic heterocycles. The van der Waals surface area contributed by atoms with Gasteiger partial charge in [-0.3, -0.25) is 0 Å². The van der Waals surface area contributed by atoms with Crippen LogP contribution < -0.4 is 0 Å². The first kappa shape index (κ1) is 57.2. The predicted octanol–water partition coefficient (Wildman–Crippen LogP) is 23.8. The molecule has 0 saturated heterocycles. The van der Waals surface area contributed by atoms with E-state index in [0.717, 1.165) is 168 Å². The van der Waals surface area contributed by atoms with E-state index in [1.807, 2.05) is 0 Å². The first-order valence-electron chi connectivity index (χ1n) is 32.8. The van der Waals surface area contributed by atoms with Crippen molar-refractivity contribution in [3.8, 4) is 100 Å². The minimum Gasteiger partial charge on any atom is -0.308 e. The van der Waals surface area contributed by atoms with Crippen molar-refractivity contribution in [2.24, 2.45) is 0 Å². The Bertz CT molecular complexity index is 5230. The zero-order valence-corrected chi connectivity index (χ0v) is 52.6. The first-order valence-corrected chi connectivity index (χ1v) is 32.8. The molecule has 17 rings (SSSR count). The molecule has 5 heterocycles. The van der Waals surface area contributed by atoms with Gasteiger partial charge in [0, 0.05) is 67.0 Å². The number of fused-ring (bicyclic) bond motifs is 8. The summed E-state index contributed by atoms with van der Waals surface area (Å²) in [5, 5.41) is 0. The fourth-order valence-corrected chi connectivity index (χ4v) is 14.5. The highest BCUT2D eigenvalue weighted by Crippen LogP contribution is 2.56. The highest BCUT2D eigenvalue weighted by molar-refractivity contribution is 6.21. The van der Waals surface area contributed by atoms with Gasteiger partial charge in [-0.1, -0.05) is 340 Å². The molecule has 12 aromatic carbocycles. The molecule has 0 aliphatic carbocycles. The Morgan fingerprint density at radius 3 is 0.594 bits per heavy atom. The summed E-state index contributed by atoms with van der Waals surface area (Å²) >= 11 is 0. The van der Waals surface area contributed by atoms with Gasteiger partial charge in [0.2, 0.25) is 0 Å². The summed E-state index contributed by atoms with van der Waals surface area (Å²) in [6.45, 7) is 0. The van der Waals surface area contributed by atoms with Crippen molar-refractivity contribution in [1.29, 1.82) is 0 Å². The molecule has 0 saturated carbocycles. The molecule has 0 amide bonds. The Hall–Kier alpha value is -12.8. The van der Waals surface area contributed by atoms with E-state index in [1.165, 1.54) is 0 Å². The fraction of sp³-hybridized carbons (Fsp3) is 0. The molecule has 8 bridgehead atoms. The number of aromatic nitrogens is 4. The number of para-hydroxylation sites is 2. The van der Waals surface area contributed by atoms with Crippen molar-refractivity contribution < 1.29 is 0 Å². The largest absolute Gasteiger partial charge is 0.308 e. The molecule has 0 N–H and O–H groups in total. The molecule has 15 aromatic rings. The van der Waals surface area contributed by atoms with Crippen LogP contribution in [0.3, 0.4) is 0 Å². The third-order valence-electron chi connectivity index (χ3n) is 18.5. The van der Waals surface area contributed by atoms with E-state index in [0.29, 0.717) is 0 Å². The summed E-state index contributed by atoms with van der Waals surface area (Å²) in [4.78, 5) is 12.9. The van der Waals surface area contributed by atoms with Crippen molar-refractivity contribution in [1.82, 2.24) is 19.1 Å². The second kappa shape index (κ2) is 25.0. The molecule has 2 aliphatic rings. The molecule has 0 atom stereocenters. The maximum Gasteiger partial charge on any atom is 0.0822 e. The Morgan fingerprint density at radius 2 is 0.354 bits per heavy atom. The third kappa shape index (κ3) is 10.0. The van der Waals surface area contributed by atoms with Gasteiger partial charge < -0.3 is 9.13 Å². The predicted molar refractivity (Wildman–Crippen MR) is 401 cm³/mol. The highest BCUT2D eigenvalue weighted by atomic mass is 15.0. The smallest absolute Gasteiger partial charge is 0.0822 e. The van der Waals surface area contributed by atoms with Crippen LogP contribution >= 0.6 is 0 Å². The van der Waals surface area contributed by atoms with E-state index in [2.05, 4.69) is 385 Å². The van der Waals surface area contributed by atoms with Crippen molar-refractivity contribution in [3.05, 3.63) is 398 Å². The van der Waals surface area contributed by atoms with Crippen LogP contribution in [0.5, 0.6) is 0 Å². The molecule has 0 radical (unpaired) electrons. The molecule has 0 spiro atoms. The molecular weight excluding hydrogens is 1160 g/mol.